The fraction of sp³-hybridized carbons (Fsp3) is 0.562. The zero-order valence-corrected chi connectivity index (χ0v) is 14.3. The summed E-state index contributed by atoms with van der Waals surface area (Å²) >= 11 is 2.31. The van der Waals surface area contributed by atoms with Gasteiger partial charge in [0.1, 0.15) is 0 Å². The lowest BCUT2D eigenvalue weighted by Gasteiger charge is -2.35. The van der Waals surface area contributed by atoms with Crippen molar-refractivity contribution in [2.45, 2.75) is 52.4 Å². The molecule has 106 valence electrons. The highest BCUT2D eigenvalue weighted by atomic mass is 127. The highest BCUT2D eigenvalue weighted by molar-refractivity contribution is 14.1. The summed E-state index contributed by atoms with van der Waals surface area (Å²) in [7, 11) is 0. The van der Waals surface area contributed by atoms with Gasteiger partial charge in [0, 0.05) is 9.99 Å². The minimum Gasteiger partial charge on any atom is -0.481 e. The summed E-state index contributed by atoms with van der Waals surface area (Å²) in [5.41, 5.74) is 1.41. The van der Waals surface area contributed by atoms with Gasteiger partial charge in [-0.05, 0) is 64.0 Å². The zero-order valence-electron chi connectivity index (χ0n) is 12.2. The van der Waals surface area contributed by atoms with Gasteiger partial charge in [0.15, 0.2) is 0 Å². The van der Waals surface area contributed by atoms with E-state index in [1.54, 1.807) is 0 Å². The SMILES string of the molecule is CC(C)(CCC(=O)O)CC(C)(C)c1ccc(I)cc1. The second-order valence-electron chi connectivity index (χ2n) is 6.63. The Balaban J connectivity index is 2.77. The second kappa shape index (κ2) is 6.25. The van der Waals surface area contributed by atoms with Gasteiger partial charge in [0.25, 0.3) is 0 Å². The molecule has 0 aliphatic carbocycles. The van der Waals surface area contributed by atoms with Crippen molar-refractivity contribution in [3.05, 3.63) is 33.4 Å². The molecule has 3 heteroatoms. The molecule has 0 heterocycles. The first-order valence-corrected chi connectivity index (χ1v) is 7.68. The fourth-order valence-electron chi connectivity index (χ4n) is 2.73. The van der Waals surface area contributed by atoms with E-state index >= 15 is 0 Å². The van der Waals surface area contributed by atoms with E-state index in [2.05, 4.69) is 74.6 Å². The molecule has 1 aromatic rings. The molecule has 0 fully saturated rings. The monoisotopic (exact) mass is 374 g/mol. The molecular weight excluding hydrogens is 351 g/mol. The average molecular weight is 374 g/mol. The number of carboxylic acid groups (broad SMARTS) is 1. The maximum absolute atomic E-state index is 10.7. The van der Waals surface area contributed by atoms with E-state index in [1.165, 1.54) is 9.13 Å². The summed E-state index contributed by atoms with van der Waals surface area (Å²) in [5.74, 6) is -0.708. The molecule has 0 unspecified atom stereocenters. The highest BCUT2D eigenvalue weighted by Gasteiger charge is 2.30. The van der Waals surface area contributed by atoms with Crippen molar-refractivity contribution in [1.29, 1.82) is 0 Å². The summed E-state index contributed by atoms with van der Waals surface area (Å²) < 4.78 is 1.24. The van der Waals surface area contributed by atoms with Crippen LogP contribution < -0.4 is 0 Å². The maximum Gasteiger partial charge on any atom is 0.303 e. The molecule has 0 saturated heterocycles. The molecule has 0 atom stereocenters. The van der Waals surface area contributed by atoms with Gasteiger partial charge in [-0.1, -0.05) is 39.8 Å². The Morgan fingerprint density at radius 1 is 1.16 bits per heavy atom. The van der Waals surface area contributed by atoms with Crippen LogP contribution in [0.5, 0.6) is 0 Å². The molecule has 1 N–H and O–H groups in total. The maximum atomic E-state index is 10.7. The largest absolute Gasteiger partial charge is 0.481 e. The van der Waals surface area contributed by atoms with Crippen LogP contribution in [0.25, 0.3) is 0 Å². The molecule has 0 aromatic heterocycles. The van der Waals surface area contributed by atoms with Crippen LogP contribution in [0.1, 0.15) is 52.5 Å². The summed E-state index contributed by atoms with van der Waals surface area (Å²) in [5, 5.41) is 8.82. The van der Waals surface area contributed by atoms with E-state index in [-0.39, 0.29) is 17.3 Å². The standard InChI is InChI=1S/C16H23IO2/c1-15(2,10-9-14(18)19)11-16(3,4)12-5-7-13(17)8-6-12/h5-8H,9-11H2,1-4H3,(H,18,19). The van der Waals surface area contributed by atoms with Crippen molar-refractivity contribution in [1.82, 2.24) is 0 Å². The quantitative estimate of drug-likeness (QED) is 0.723. The van der Waals surface area contributed by atoms with Crippen LogP contribution in [-0.4, -0.2) is 11.1 Å². The number of aliphatic carboxylic acids is 1. The minimum atomic E-state index is -0.708. The molecule has 2 nitrogen and oxygen atoms in total. The first-order valence-electron chi connectivity index (χ1n) is 6.60. The molecule has 0 bridgehead atoms. The van der Waals surface area contributed by atoms with Crippen molar-refractivity contribution in [2.24, 2.45) is 5.41 Å². The van der Waals surface area contributed by atoms with E-state index in [0.717, 1.165) is 12.8 Å². The predicted octanol–water partition coefficient (Wildman–Crippen LogP) is 4.85. The molecule has 0 spiro atoms. The number of hydrogen-bond donors (Lipinski definition) is 1. The van der Waals surface area contributed by atoms with Crippen molar-refractivity contribution in [3.63, 3.8) is 0 Å². The van der Waals surface area contributed by atoms with Gasteiger partial charge >= 0.3 is 5.97 Å². The molecule has 19 heavy (non-hydrogen) atoms. The number of rotatable bonds is 6. The minimum absolute atomic E-state index is 0.0326. The molecular formula is C16H23IO2. The number of benzene rings is 1. The van der Waals surface area contributed by atoms with Gasteiger partial charge in [-0.25, -0.2) is 0 Å². The topological polar surface area (TPSA) is 37.3 Å². The van der Waals surface area contributed by atoms with Crippen molar-refractivity contribution >= 4 is 28.6 Å². The van der Waals surface area contributed by atoms with E-state index in [4.69, 9.17) is 5.11 Å². The van der Waals surface area contributed by atoms with Crippen LogP contribution in [0.15, 0.2) is 24.3 Å². The van der Waals surface area contributed by atoms with Gasteiger partial charge in [-0.15, -0.1) is 0 Å². The lowest BCUT2D eigenvalue weighted by atomic mass is 9.70. The number of halogens is 1. The third-order valence-electron chi connectivity index (χ3n) is 3.56. The normalized spacial score (nSPS) is 12.5. The van der Waals surface area contributed by atoms with Crippen LogP contribution in [0.2, 0.25) is 0 Å². The fourth-order valence-corrected chi connectivity index (χ4v) is 3.09. The Morgan fingerprint density at radius 3 is 2.16 bits per heavy atom. The summed E-state index contributed by atoms with van der Waals surface area (Å²) in [6, 6.07) is 8.61. The van der Waals surface area contributed by atoms with Crippen LogP contribution in [0.3, 0.4) is 0 Å². The Bertz CT molecular complexity index is 433. The van der Waals surface area contributed by atoms with Crippen LogP contribution >= 0.6 is 22.6 Å². The van der Waals surface area contributed by atoms with Gasteiger partial charge in [-0.2, -0.15) is 0 Å². The molecule has 0 aliphatic heterocycles. The zero-order chi connectivity index (χ0) is 14.7. The van der Waals surface area contributed by atoms with E-state index in [0.29, 0.717) is 0 Å². The van der Waals surface area contributed by atoms with Crippen molar-refractivity contribution < 1.29 is 9.90 Å². The summed E-state index contributed by atoms with van der Waals surface area (Å²) in [6.45, 7) is 8.78. The predicted molar refractivity (Wildman–Crippen MR) is 87.5 cm³/mol. The number of carbonyl (C=O) groups is 1. The van der Waals surface area contributed by atoms with E-state index in [9.17, 15) is 4.79 Å². The summed E-state index contributed by atoms with van der Waals surface area (Å²) in [4.78, 5) is 10.7. The first kappa shape index (κ1) is 16.5. The third kappa shape index (κ3) is 5.51. The number of carboxylic acids is 1. The molecule has 0 aliphatic rings. The first-order chi connectivity index (χ1) is 8.62. The Kier molecular flexibility index (Phi) is 5.42. The van der Waals surface area contributed by atoms with Crippen molar-refractivity contribution in [2.75, 3.05) is 0 Å². The van der Waals surface area contributed by atoms with Gasteiger partial charge in [-0.3, -0.25) is 4.79 Å². The Labute approximate surface area is 129 Å². The molecule has 0 saturated carbocycles. The molecule has 1 aromatic carbocycles. The Hall–Kier alpha value is -0.580. The molecule has 0 radical (unpaired) electrons. The third-order valence-corrected chi connectivity index (χ3v) is 4.28. The highest BCUT2D eigenvalue weighted by Crippen LogP contribution is 2.39. The second-order valence-corrected chi connectivity index (χ2v) is 7.87. The van der Waals surface area contributed by atoms with Crippen molar-refractivity contribution in [3.8, 4) is 0 Å². The average Bonchev–Trinajstić information content (AvgIpc) is 2.26. The van der Waals surface area contributed by atoms with Gasteiger partial charge in [0.05, 0.1) is 0 Å². The van der Waals surface area contributed by atoms with Crippen LogP contribution in [0.4, 0.5) is 0 Å². The lowest BCUT2D eigenvalue weighted by molar-refractivity contribution is -0.137. The van der Waals surface area contributed by atoms with E-state index < -0.39 is 5.97 Å². The summed E-state index contributed by atoms with van der Waals surface area (Å²) in [6.07, 6.45) is 1.94. The van der Waals surface area contributed by atoms with Crippen LogP contribution in [0, 0.1) is 8.99 Å². The Morgan fingerprint density at radius 2 is 1.68 bits per heavy atom. The van der Waals surface area contributed by atoms with Gasteiger partial charge < -0.3 is 5.11 Å². The lowest BCUT2D eigenvalue weighted by Crippen LogP contribution is -2.27. The molecule has 1 rings (SSSR count). The van der Waals surface area contributed by atoms with Crippen LogP contribution in [-0.2, 0) is 10.2 Å². The molecule has 0 amide bonds. The number of hydrogen-bond acceptors (Lipinski definition) is 1. The van der Waals surface area contributed by atoms with Gasteiger partial charge in [0.2, 0.25) is 0 Å². The smallest absolute Gasteiger partial charge is 0.303 e. The van der Waals surface area contributed by atoms with E-state index in [1.807, 2.05) is 0 Å².